The van der Waals surface area contributed by atoms with Crippen LogP contribution in [0.25, 0.3) is 33.3 Å². The number of amides is 1. The van der Waals surface area contributed by atoms with Gasteiger partial charge in [0.2, 0.25) is 5.91 Å². The molecule has 1 aliphatic heterocycles. The van der Waals surface area contributed by atoms with Gasteiger partial charge in [0, 0.05) is 58.6 Å². The zero-order valence-electron chi connectivity index (χ0n) is 29.6. The van der Waals surface area contributed by atoms with Crippen LogP contribution in [0.15, 0.2) is 66.9 Å². The van der Waals surface area contributed by atoms with E-state index in [0.717, 1.165) is 71.3 Å². The number of halogens is 1. The van der Waals surface area contributed by atoms with Crippen molar-refractivity contribution in [1.29, 1.82) is 5.41 Å². The van der Waals surface area contributed by atoms with Crippen LogP contribution < -0.4 is 15.8 Å². The highest BCUT2D eigenvalue weighted by Gasteiger charge is 2.20. The third-order valence-corrected chi connectivity index (χ3v) is 10.4. The minimum absolute atomic E-state index is 0.0575. The molecule has 0 spiro atoms. The summed E-state index contributed by atoms with van der Waals surface area (Å²) >= 11 is 0. The number of H-pyrrole nitrogens is 1. The molecule has 0 bridgehead atoms. The maximum Gasteiger partial charge on any atom is 0.224 e. The molecule has 1 aliphatic carbocycles. The number of nitrogens with zero attached hydrogens (tertiary/aromatic N) is 2. The molecule has 1 saturated carbocycles. The van der Waals surface area contributed by atoms with Gasteiger partial charge in [-0.05, 0) is 129 Å². The van der Waals surface area contributed by atoms with Crippen LogP contribution >= 0.6 is 0 Å². The number of aryl methyl sites for hydroxylation is 2. The number of pyridine rings is 1. The second-order valence-electron chi connectivity index (χ2n) is 14.4. The van der Waals surface area contributed by atoms with E-state index in [9.17, 15) is 14.6 Å². The maximum absolute atomic E-state index is 14.9. The standard InChI is InChI=1S/C42H47FN6O2/c1-26-16-29(21-32(17-26)47-40(50)19-28-8-4-3-5-9-28)34-24-35(37(44)18-27(34)2)41(45)39-25-36-38(48-39)10-11-46-42(36)30-20-31(43)23-33(22-30)51-15-14-49-12-6-7-13-49/h10-11,16-18,20-25,28,45,48H,3-9,12-15,19,44H2,1-2H3,(H,47,50). The summed E-state index contributed by atoms with van der Waals surface area (Å²) in [4.78, 5) is 23.3. The van der Waals surface area contributed by atoms with Gasteiger partial charge >= 0.3 is 0 Å². The van der Waals surface area contributed by atoms with Gasteiger partial charge in [0.1, 0.15) is 18.2 Å². The summed E-state index contributed by atoms with van der Waals surface area (Å²) in [7, 11) is 0. The summed E-state index contributed by atoms with van der Waals surface area (Å²) in [5.41, 5.74) is 15.1. The SMILES string of the molecule is Cc1cc(NC(=O)CC2CCCCC2)cc(-c2cc(C(=N)c3cc4c(-c5cc(F)cc(OCCN6CCCC6)c5)nccc4[nH]3)c(N)cc2C)c1. The molecule has 264 valence electrons. The van der Waals surface area contributed by atoms with Gasteiger partial charge in [-0.2, -0.15) is 0 Å². The van der Waals surface area contributed by atoms with Crippen molar-refractivity contribution in [1.82, 2.24) is 14.9 Å². The quantitative estimate of drug-likeness (QED) is 0.0817. The van der Waals surface area contributed by atoms with Crippen molar-refractivity contribution in [2.45, 2.75) is 65.2 Å². The van der Waals surface area contributed by atoms with Crippen LogP contribution in [0.4, 0.5) is 15.8 Å². The van der Waals surface area contributed by atoms with Crippen molar-refractivity contribution in [3.05, 3.63) is 95.1 Å². The number of carbonyl (C=O) groups is 1. The van der Waals surface area contributed by atoms with Crippen LogP contribution in [-0.4, -0.2) is 52.7 Å². The van der Waals surface area contributed by atoms with Gasteiger partial charge in [0.15, 0.2) is 0 Å². The number of nitrogens with two attached hydrogens (primary N) is 1. The Morgan fingerprint density at radius 2 is 1.80 bits per heavy atom. The molecule has 8 nitrogen and oxygen atoms in total. The maximum atomic E-state index is 14.9. The first-order valence-electron chi connectivity index (χ1n) is 18.3. The van der Waals surface area contributed by atoms with E-state index >= 15 is 0 Å². The molecule has 3 aromatic carbocycles. The lowest BCUT2D eigenvalue weighted by molar-refractivity contribution is -0.117. The highest BCUT2D eigenvalue weighted by molar-refractivity contribution is 6.16. The number of likely N-dealkylation sites (tertiary alicyclic amines) is 1. The number of nitrogen functional groups attached to an aromatic ring is 1. The summed E-state index contributed by atoms with van der Waals surface area (Å²) in [5.74, 6) is 0.591. The van der Waals surface area contributed by atoms with Crippen molar-refractivity contribution in [2.75, 3.05) is 37.3 Å². The van der Waals surface area contributed by atoms with Crippen LogP contribution in [0.5, 0.6) is 5.75 Å². The minimum Gasteiger partial charge on any atom is -0.492 e. The second-order valence-corrected chi connectivity index (χ2v) is 14.4. The van der Waals surface area contributed by atoms with E-state index in [1.54, 1.807) is 6.20 Å². The third kappa shape index (κ3) is 7.99. The number of fused-ring (bicyclic) bond motifs is 1. The summed E-state index contributed by atoms with van der Waals surface area (Å²) in [5, 5.41) is 13.2. The Morgan fingerprint density at radius 3 is 2.61 bits per heavy atom. The van der Waals surface area contributed by atoms with Crippen LogP contribution in [0.3, 0.4) is 0 Å². The number of hydrogen-bond donors (Lipinski definition) is 4. The van der Waals surface area contributed by atoms with E-state index in [4.69, 9.17) is 10.5 Å². The lowest BCUT2D eigenvalue weighted by Crippen LogP contribution is -2.25. The Balaban J connectivity index is 1.14. The molecule has 0 unspecified atom stereocenters. The minimum atomic E-state index is -0.394. The molecule has 5 N–H and O–H groups in total. The zero-order chi connectivity index (χ0) is 35.5. The Kier molecular flexibility index (Phi) is 10.2. The Morgan fingerprint density at radius 1 is 1.00 bits per heavy atom. The summed E-state index contributed by atoms with van der Waals surface area (Å²) in [6, 6.07) is 18.4. The number of rotatable bonds is 11. The molecule has 2 fully saturated rings. The van der Waals surface area contributed by atoms with Crippen molar-refractivity contribution in [2.24, 2.45) is 5.92 Å². The van der Waals surface area contributed by atoms with Gasteiger partial charge in [-0.3, -0.25) is 20.1 Å². The molecule has 0 radical (unpaired) electrons. The zero-order valence-corrected chi connectivity index (χ0v) is 29.6. The van der Waals surface area contributed by atoms with E-state index < -0.39 is 5.82 Å². The van der Waals surface area contributed by atoms with E-state index in [1.807, 2.05) is 56.3 Å². The van der Waals surface area contributed by atoms with Gasteiger partial charge in [-0.15, -0.1) is 0 Å². The number of ether oxygens (including phenoxy) is 1. The average molecular weight is 687 g/mol. The fraction of sp³-hybridized carbons (Fsp3) is 0.357. The molecule has 2 aliphatic rings. The average Bonchev–Trinajstić information content (AvgIpc) is 3.78. The summed E-state index contributed by atoms with van der Waals surface area (Å²) in [6.07, 6.45) is 10.6. The van der Waals surface area contributed by atoms with Gasteiger partial charge < -0.3 is 20.8 Å². The molecular formula is C42H47FN6O2. The molecule has 3 heterocycles. The molecular weight excluding hydrogens is 640 g/mol. The van der Waals surface area contributed by atoms with Crippen molar-refractivity contribution >= 4 is 33.9 Å². The van der Waals surface area contributed by atoms with Gasteiger partial charge in [0.25, 0.3) is 0 Å². The molecule has 5 aromatic rings. The molecule has 1 amide bonds. The van der Waals surface area contributed by atoms with Crippen LogP contribution in [0.1, 0.15) is 73.8 Å². The summed E-state index contributed by atoms with van der Waals surface area (Å²) < 4.78 is 20.8. The number of nitrogens with one attached hydrogen (secondary N) is 3. The number of hydrogen-bond acceptors (Lipinski definition) is 6. The highest BCUT2D eigenvalue weighted by atomic mass is 19.1. The first-order chi connectivity index (χ1) is 24.7. The molecule has 51 heavy (non-hydrogen) atoms. The topological polar surface area (TPSA) is 120 Å². The lowest BCUT2D eigenvalue weighted by Gasteiger charge is -2.21. The Labute approximate surface area is 299 Å². The van der Waals surface area contributed by atoms with Gasteiger partial charge in [0.05, 0.1) is 17.1 Å². The first kappa shape index (κ1) is 34.4. The van der Waals surface area contributed by atoms with Crippen LogP contribution in [0.2, 0.25) is 0 Å². The molecule has 2 aromatic heterocycles. The van der Waals surface area contributed by atoms with E-state index in [0.29, 0.717) is 52.9 Å². The van der Waals surface area contributed by atoms with E-state index in [2.05, 4.69) is 26.3 Å². The van der Waals surface area contributed by atoms with Gasteiger partial charge in [-0.25, -0.2) is 4.39 Å². The smallest absolute Gasteiger partial charge is 0.224 e. The predicted molar refractivity (Wildman–Crippen MR) is 204 cm³/mol. The van der Waals surface area contributed by atoms with E-state index in [1.165, 1.54) is 44.2 Å². The predicted octanol–water partition coefficient (Wildman–Crippen LogP) is 9.03. The molecule has 0 atom stereocenters. The second kappa shape index (κ2) is 15.1. The fourth-order valence-electron chi connectivity index (χ4n) is 7.78. The van der Waals surface area contributed by atoms with Crippen LogP contribution in [-0.2, 0) is 4.79 Å². The number of carbonyl (C=O) groups excluding carboxylic acids is 1. The Bertz CT molecular complexity index is 2080. The number of aromatic nitrogens is 2. The van der Waals surface area contributed by atoms with Crippen molar-refractivity contribution in [3.8, 4) is 28.1 Å². The van der Waals surface area contributed by atoms with Crippen molar-refractivity contribution < 1.29 is 13.9 Å². The highest BCUT2D eigenvalue weighted by Crippen LogP contribution is 2.35. The largest absolute Gasteiger partial charge is 0.492 e. The number of benzene rings is 3. The normalized spacial score (nSPS) is 15.4. The fourth-order valence-corrected chi connectivity index (χ4v) is 7.78. The molecule has 7 rings (SSSR count). The number of aromatic amines is 1. The van der Waals surface area contributed by atoms with E-state index in [-0.39, 0.29) is 11.6 Å². The monoisotopic (exact) mass is 686 g/mol. The summed E-state index contributed by atoms with van der Waals surface area (Å²) in [6.45, 7) is 7.49. The lowest BCUT2D eigenvalue weighted by atomic mass is 9.87. The third-order valence-electron chi connectivity index (χ3n) is 10.4. The molecule has 9 heteroatoms. The van der Waals surface area contributed by atoms with Crippen LogP contribution in [0, 0.1) is 31.0 Å². The van der Waals surface area contributed by atoms with Crippen molar-refractivity contribution in [3.63, 3.8) is 0 Å². The first-order valence-corrected chi connectivity index (χ1v) is 18.3. The number of anilines is 2. The molecule has 1 saturated heterocycles. The Hall–Kier alpha value is -5.02. The van der Waals surface area contributed by atoms with Gasteiger partial charge in [-0.1, -0.05) is 25.3 Å².